The zero-order chi connectivity index (χ0) is 17.3. The second kappa shape index (κ2) is 6.68. The molecule has 1 aromatic heterocycles. The number of hydrogen-bond donors (Lipinski definition) is 1. The number of amides is 1. The second-order valence-corrected chi connectivity index (χ2v) is 6.79. The Hall–Kier alpha value is -2.28. The summed E-state index contributed by atoms with van der Waals surface area (Å²) in [5, 5.41) is 9.97. The number of carboxylic acids is 1. The van der Waals surface area contributed by atoms with Gasteiger partial charge in [0.25, 0.3) is 5.91 Å². The molecule has 126 valence electrons. The molecule has 1 N–H and O–H groups in total. The lowest BCUT2D eigenvalue weighted by molar-refractivity contribution is -0.143. The van der Waals surface area contributed by atoms with Crippen LogP contribution in [0.4, 0.5) is 4.39 Å². The topological polar surface area (TPSA) is 70.5 Å². The number of likely N-dealkylation sites (tertiary alicyclic amines) is 1. The van der Waals surface area contributed by atoms with E-state index in [4.69, 9.17) is 0 Å². The molecule has 2 aromatic rings. The van der Waals surface area contributed by atoms with E-state index in [1.165, 1.54) is 28.4 Å². The Balaban J connectivity index is 1.90. The van der Waals surface area contributed by atoms with Gasteiger partial charge in [0.1, 0.15) is 21.7 Å². The van der Waals surface area contributed by atoms with Crippen molar-refractivity contribution in [1.29, 1.82) is 0 Å². The van der Waals surface area contributed by atoms with E-state index < -0.39 is 12.0 Å². The molecule has 24 heavy (non-hydrogen) atoms. The summed E-state index contributed by atoms with van der Waals surface area (Å²) in [5.41, 5.74) is 1.30. The summed E-state index contributed by atoms with van der Waals surface area (Å²) < 4.78 is 13.0. The second-order valence-electron chi connectivity index (χ2n) is 5.79. The van der Waals surface area contributed by atoms with Gasteiger partial charge in [0.15, 0.2) is 0 Å². The molecule has 5 nitrogen and oxygen atoms in total. The quantitative estimate of drug-likeness (QED) is 0.923. The van der Waals surface area contributed by atoms with Crippen LogP contribution < -0.4 is 0 Å². The number of carbonyl (C=O) groups excluding carboxylic acids is 1. The predicted octanol–water partition coefficient (Wildman–Crippen LogP) is 3.34. The highest BCUT2D eigenvalue weighted by Crippen LogP contribution is 2.30. The van der Waals surface area contributed by atoms with Crippen LogP contribution in [0.1, 0.15) is 34.6 Å². The molecule has 1 saturated heterocycles. The van der Waals surface area contributed by atoms with Crippen LogP contribution in [-0.2, 0) is 4.79 Å². The standard InChI is InChI=1S/C17H17FN2O3S/c1-10-14(16(21)20-9-3-2-4-13(20)17(22)23)24-15(19-10)11-5-7-12(18)8-6-11/h5-8,13H,2-4,9H2,1H3,(H,22,23). The van der Waals surface area contributed by atoms with Gasteiger partial charge in [-0.25, -0.2) is 14.2 Å². The predicted molar refractivity (Wildman–Crippen MR) is 88.6 cm³/mol. The molecule has 1 unspecified atom stereocenters. The highest BCUT2D eigenvalue weighted by atomic mass is 32.1. The minimum absolute atomic E-state index is 0.287. The third kappa shape index (κ3) is 3.17. The molecular weight excluding hydrogens is 331 g/mol. The van der Waals surface area contributed by atoms with Crippen LogP contribution in [0.15, 0.2) is 24.3 Å². The number of hydrogen-bond acceptors (Lipinski definition) is 4. The molecule has 1 fully saturated rings. The van der Waals surface area contributed by atoms with Crippen LogP contribution in [0.3, 0.4) is 0 Å². The lowest BCUT2D eigenvalue weighted by Gasteiger charge is -2.32. The highest BCUT2D eigenvalue weighted by molar-refractivity contribution is 7.17. The van der Waals surface area contributed by atoms with Crippen molar-refractivity contribution in [3.8, 4) is 10.6 Å². The van der Waals surface area contributed by atoms with Crippen LogP contribution >= 0.6 is 11.3 Å². The van der Waals surface area contributed by atoms with E-state index in [9.17, 15) is 19.1 Å². The van der Waals surface area contributed by atoms with Gasteiger partial charge in [-0.3, -0.25) is 4.79 Å². The van der Waals surface area contributed by atoms with Crippen molar-refractivity contribution in [1.82, 2.24) is 9.88 Å². The number of rotatable bonds is 3. The molecule has 1 aromatic carbocycles. The van der Waals surface area contributed by atoms with Crippen LogP contribution in [-0.4, -0.2) is 39.5 Å². The van der Waals surface area contributed by atoms with Gasteiger partial charge in [-0.2, -0.15) is 0 Å². The van der Waals surface area contributed by atoms with E-state index in [0.29, 0.717) is 28.5 Å². The van der Waals surface area contributed by atoms with E-state index in [0.717, 1.165) is 18.4 Å². The maximum Gasteiger partial charge on any atom is 0.326 e. The fourth-order valence-electron chi connectivity index (χ4n) is 2.87. The minimum Gasteiger partial charge on any atom is -0.480 e. The summed E-state index contributed by atoms with van der Waals surface area (Å²) in [6.45, 7) is 2.18. The molecule has 0 aliphatic carbocycles. The first-order chi connectivity index (χ1) is 11.5. The molecule has 3 rings (SSSR count). The van der Waals surface area contributed by atoms with Gasteiger partial charge in [0.05, 0.1) is 5.69 Å². The summed E-state index contributed by atoms with van der Waals surface area (Å²) >= 11 is 1.22. The fourth-order valence-corrected chi connectivity index (χ4v) is 3.90. The van der Waals surface area contributed by atoms with Gasteiger partial charge in [-0.05, 0) is 50.5 Å². The molecule has 7 heteroatoms. The maximum atomic E-state index is 13.0. The lowest BCUT2D eigenvalue weighted by Crippen LogP contribution is -2.47. The molecular formula is C17H17FN2O3S. The van der Waals surface area contributed by atoms with Gasteiger partial charge in [0.2, 0.25) is 0 Å². The minimum atomic E-state index is -0.969. The summed E-state index contributed by atoms with van der Waals surface area (Å²) in [6, 6.07) is 5.14. The number of aliphatic carboxylic acids is 1. The van der Waals surface area contributed by atoms with Gasteiger partial charge in [-0.1, -0.05) is 0 Å². The number of nitrogens with zero attached hydrogens (tertiary/aromatic N) is 2. The number of aryl methyl sites for hydroxylation is 1. The summed E-state index contributed by atoms with van der Waals surface area (Å²) in [7, 11) is 0. The van der Waals surface area contributed by atoms with Crippen molar-refractivity contribution in [3.63, 3.8) is 0 Å². The SMILES string of the molecule is Cc1nc(-c2ccc(F)cc2)sc1C(=O)N1CCCCC1C(=O)O. The van der Waals surface area contributed by atoms with E-state index in [1.807, 2.05) is 0 Å². The number of carboxylic acid groups (broad SMARTS) is 1. The van der Waals surface area contributed by atoms with Crippen LogP contribution in [0, 0.1) is 12.7 Å². The molecule has 1 aliphatic rings. The zero-order valence-corrected chi connectivity index (χ0v) is 14.0. The molecule has 1 aliphatic heterocycles. The van der Waals surface area contributed by atoms with Crippen LogP contribution in [0.2, 0.25) is 0 Å². The lowest BCUT2D eigenvalue weighted by atomic mass is 10.0. The van der Waals surface area contributed by atoms with Crippen LogP contribution in [0.5, 0.6) is 0 Å². The average Bonchev–Trinajstić information content (AvgIpc) is 2.96. The summed E-state index contributed by atoms with van der Waals surface area (Å²) in [5.74, 6) is -1.59. The van der Waals surface area contributed by atoms with Crippen molar-refractivity contribution in [2.45, 2.75) is 32.2 Å². The first-order valence-corrected chi connectivity index (χ1v) is 8.56. The smallest absolute Gasteiger partial charge is 0.326 e. The van der Waals surface area contributed by atoms with E-state index in [-0.39, 0.29) is 11.7 Å². The molecule has 2 heterocycles. The van der Waals surface area contributed by atoms with Crippen molar-refractivity contribution < 1.29 is 19.1 Å². The van der Waals surface area contributed by atoms with Crippen molar-refractivity contribution in [2.75, 3.05) is 6.54 Å². The fraction of sp³-hybridized carbons (Fsp3) is 0.353. The Kier molecular flexibility index (Phi) is 4.62. The van der Waals surface area contributed by atoms with Crippen LogP contribution in [0.25, 0.3) is 10.6 Å². The number of halogens is 1. The van der Waals surface area contributed by atoms with Gasteiger partial charge < -0.3 is 10.0 Å². The van der Waals surface area contributed by atoms with Gasteiger partial charge in [0, 0.05) is 12.1 Å². The zero-order valence-electron chi connectivity index (χ0n) is 13.2. The largest absolute Gasteiger partial charge is 0.480 e. The average molecular weight is 348 g/mol. The van der Waals surface area contributed by atoms with Crippen molar-refractivity contribution in [2.24, 2.45) is 0 Å². The summed E-state index contributed by atoms with van der Waals surface area (Å²) in [4.78, 5) is 30.5. The number of aromatic nitrogens is 1. The monoisotopic (exact) mass is 348 g/mol. The normalized spacial score (nSPS) is 17.8. The molecule has 1 amide bonds. The Morgan fingerprint density at radius 3 is 2.67 bits per heavy atom. The first-order valence-electron chi connectivity index (χ1n) is 7.74. The van der Waals surface area contributed by atoms with Gasteiger partial charge >= 0.3 is 5.97 Å². The molecule has 0 radical (unpaired) electrons. The first kappa shape index (κ1) is 16.6. The maximum absolute atomic E-state index is 13.0. The van der Waals surface area contributed by atoms with Crippen molar-refractivity contribution >= 4 is 23.2 Å². The number of thiazole rings is 1. The molecule has 0 saturated carbocycles. The van der Waals surface area contributed by atoms with Gasteiger partial charge in [-0.15, -0.1) is 11.3 Å². The van der Waals surface area contributed by atoms with E-state index in [1.54, 1.807) is 19.1 Å². The highest BCUT2D eigenvalue weighted by Gasteiger charge is 2.34. The third-order valence-corrected chi connectivity index (χ3v) is 5.33. The Morgan fingerprint density at radius 2 is 2.00 bits per heavy atom. The molecule has 0 bridgehead atoms. The molecule has 1 atom stereocenters. The Morgan fingerprint density at radius 1 is 1.29 bits per heavy atom. The summed E-state index contributed by atoms with van der Waals surface area (Å²) in [6.07, 6.45) is 2.09. The Bertz CT molecular complexity index is 773. The van der Waals surface area contributed by atoms with E-state index in [2.05, 4.69) is 4.98 Å². The third-order valence-electron chi connectivity index (χ3n) is 4.13. The van der Waals surface area contributed by atoms with E-state index >= 15 is 0 Å². The number of carbonyl (C=O) groups is 2. The molecule has 0 spiro atoms. The number of piperidine rings is 1. The Labute approximate surface area is 142 Å². The number of benzene rings is 1. The van der Waals surface area contributed by atoms with Crippen molar-refractivity contribution in [3.05, 3.63) is 40.7 Å².